The van der Waals surface area contributed by atoms with Gasteiger partial charge in [0.25, 0.3) is 10.0 Å². The molecule has 0 aliphatic carbocycles. The third-order valence-corrected chi connectivity index (χ3v) is 6.16. The van der Waals surface area contributed by atoms with E-state index in [1.165, 1.54) is 13.1 Å². The second kappa shape index (κ2) is 7.35. The van der Waals surface area contributed by atoms with E-state index in [2.05, 4.69) is 5.32 Å². The largest absolute Gasteiger partial charge is 0.388 e. The monoisotopic (exact) mass is 334 g/mol. The van der Waals surface area contributed by atoms with E-state index in [1.807, 2.05) is 6.92 Å². The van der Waals surface area contributed by atoms with Crippen molar-refractivity contribution < 1.29 is 18.3 Å². The molecule has 0 bridgehead atoms. The predicted molar refractivity (Wildman–Crippen MR) is 82.7 cm³/mol. The summed E-state index contributed by atoms with van der Waals surface area (Å²) < 4.78 is 25.5. The van der Waals surface area contributed by atoms with Gasteiger partial charge in [-0.3, -0.25) is 4.79 Å². The summed E-state index contributed by atoms with van der Waals surface area (Å²) in [6.07, 6.45) is 1.37. The maximum absolute atomic E-state index is 12.1. The van der Waals surface area contributed by atoms with Gasteiger partial charge < -0.3 is 10.4 Å². The predicted octanol–water partition coefficient (Wildman–Crippen LogP) is 1.04. The van der Waals surface area contributed by atoms with E-state index in [0.29, 0.717) is 6.42 Å². The molecule has 0 spiro atoms. The molecule has 0 saturated carbocycles. The van der Waals surface area contributed by atoms with Gasteiger partial charge in [0.05, 0.1) is 12.1 Å². The molecule has 1 aromatic rings. The summed E-state index contributed by atoms with van der Waals surface area (Å²) in [6, 6.07) is 3.15. The van der Waals surface area contributed by atoms with Gasteiger partial charge in [-0.1, -0.05) is 19.4 Å². The number of aliphatic hydroxyl groups is 1. The zero-order chi connectivity index (χ0) is 16.1. The Labute approximate surface area is 129 Å². The number of hydrogen-bond donors (Lipinski definition) is 2. The average Bonchev–Trinajstić information content (AvgIpc) is 2.91. The molecule has 2 N–H and O–H groups in total. The van der Waals surface area contributed by atoms with Crippen molar-refractivity contribution in [3.8, 4) is 0 Å². The van der Waals surface area contributed by atoms with Gasteiger partial charge in [0.2, 0.25) is 5.91 Å². The van der Waals surface area contributed by atoms with Crippen molar-refractivity contribution in [2.24, 2.45) is 0 Å². The Hall–Kier alpha value is -0.960. The van der Waals surface area contributed by atoms with E-state index in [0.717, 1.165) is 22.1 Å². The summed E-state index contributed by atoms with van der Waals surface area (Å²) in [5.41, 5.74) is -0.977. The minimum absolute atomic E-state index is 0.104. The van der Waals surface area contributed by atoms with E-state index in [9.17, 15) is 18.3 Å². The lowest BCUT2D eigenvalue weighted by Crippen LogP contribution is -2.44. The first-order valence-corrected chi connectivity index (χ1v) is 9.00. The molecule has 6 nitrogen and oxygen atoms in total. The van der Waals surface area contributed by atoms with E-state index >= 15 is 0 Å². The second-order valence-corrected chi connectivity index (χ2v) is 8.44. The Morgan fingerprint density at radius 2 is 2.19 bits per heavy atom. The summed E-state index contributed by atoms with van der Waals surface area (Å²) in [5, 5.41) is 14.2. The van der Waals surface area contributed by atoms with Crippen molar-refractivity contribution in [3.63, 3.8) is 0 Å². The molecule has 0 aliphatic heterocycles. The first-order valence-electron chi connectivity index (χ1n) is 6.68. The van der Waals surface area contributed by atoms with E-state index in [1.54, 1.807) is 18.4 Å². The lowest BCUT2D eigenvalue weighted by atomic mass is 10.0. The highest BCUT2D eigenvalue weighted by Gasteiger charge is 2.25. The average molecular weight is 334 g/mol. The van der Waals surface area contributed by atoms with Crippen LogP contribution in [-0.2, 0) is 14.8 Å². The van der Waals surface area contributed by atoms with Crippen LogP contribution in [0.3, 0.4) is 0 Å². The number of likely N-dealkylation sites (N-methyl/N-ethyl adjacent to an activating group) is 1. The molecule has 0 radical (unpaired) electrons. The topological polar surface area (TPSA) is 86.7 Å². The normalized spacial score (nSPS) is 14.9. The van der Waals surface area contributed by atoms with Crippen molar-refractivity contribution in [1.82, 2.24) is 9.62 Å². The molecule has 1 aromatic heterocycles. The fourth-order valence-electron chi connectivity index (χ4n) is 1.82. The van der Waals surface area contributed by atoms with E-state index in [-0.39, 0.29) is 17.3 Å². The van der Waals surface area contributed by atoms with Crippen LogP contribution in [0.15, 0.2) is 21.7 Å². The van der Waals surface area contributed by atoms with Gasteiger partial charge in [-0.05, 0) is 24.8 Å². The standard InChI is InChI=1S/C13H22N2O4S2/c1-4-7-13(2,17)10-14-11(16)9-15(3)21(18,19)12-6-5-8-20-12/h5-6,8,17H,4,7,9-10H2,1-3H3,(H,14,16). The number of carbonyl (C=O) groups excluding carboxylic acids is 1. The number of sulfonamides is 1. The lowest BCUT2D eigenvalue weighted by molar-refractivity contribution is -0.122. The smallest absolute Gasteiger partial charge is 0.252 e. The first-order chi connectivity index (χ1) is 9.69. The van der Waals surface area contributed by atoms with Crippen LogP contribution in [-0.4, -0.2) is 49.5 Å². The molecule has 1 rings (SSSR count). The molecule has 1 unspecified atom stereocenters. The second-order valence-electron chi connectivity index (χ2n) is 5.22. The number of nitrogens with one attached hydrogen (secondary N) is 1. The summed E-state index contributed by atoms with van der Waals surface area (Å²) in [6.45, 7) is 3.41. The Kier molecular flexibility index (Phi) is 6.33. The molecule has 0 aromatic carbocycles. The fraction of sp³-hybridized carbons (Fsp3) is 0.615. The fourth-order valence-corrected chi connectivity index (χ4v) is 4.15. The van der Waals surface area contributed by atoms with Crippen LogP contribution in [0.25, 0.3) is 0 Å². The van der Waals surface area contributed by atoms with Gasteiger partial charge in [-0.25, -0.2) is 8.42 Å². The van der Waals surface area contributed by atoms with Crippen LogP contribution < -0.4 is 5.32 Å². The molecule has 1 atom stereocenters. The SMILES string of the molecule is CCCC(C)(O)CNC(=O)CN(C)S(=O)(=O)c1cccs1. The Balaban J connectivity index is 2.55. The van der Waals surface area contributed by atoms with Gasteiger partial charge in [-0.2, -0.15) is 4.31 Å². The quantitative estimate of drug-likeness (QED) is 0.743. The van der Waals surface area contributed by atoms with Gasteiger partial charge in [0.15, 0.2) is 0 Å². The zero-order valence-corrected chi connectivity index (χ0v) is 14.1. The van der Waals surface area contributed by atoms with Crippen molar-refractivity contribution in [2.75, 3.05) is 20.1 Å². The van der Waals surface area contributed by atoms with Crippen LogP contribution in [0.1, 0.15) is 26.7 Å². The number of carbonyl (C=O) groups is 1. The van der Waals surface area contributed by atoms with Crippen LogP contribution >= 0.6 is 11.3 Å². The van der Waals surface area contributed by atoms with Gasteiger partial charge >= 0.3 is 0 Å². The minimum atomic E-state index is -3.63. The van der Waals surface area contributed by atoms with Crippen LogP contribution in [0.2, 0.25) is 0 Å². The Bertz CT molecular complexity index is 553. The molecular formula is C13H22N2O4S2. The summed E-state index contributed by atoms with van der Waals surface area (Å²) in [5.74, 6) is -0.436. The first kappa shape index (κ1) is 18.1. The highest BCUT2D eigenvalue weighted by Crippen LogP contribution is 2.19. The highest BCUT2D eigenvalue weighted by atomic mass is 32.2. The molecular weight excluding hydrogens is 312 g/mol. The van der Waals surface area contributed by atoms with Crippen molar-refractivity contribution in [1.29, 1.82) is 0 Å². The van der Waals surface area contributed by atoms with E-state index in [4.69, 9.17) is 0 Å². The van der Waals surface area contributed by atoms with Gasteiger partial charge in [-0.15, -0.1) is 11.3 Å². The molecule has 0 fully saturated rings. The number of hydrogen-bond acceptors (Lipinski definition) is 5. The molecule has 1 amide bonds. The number of rotatable bonds is 8. The van der Waals surface area contributed by atoms with Crippen LogP contribution in [0.4, 0.5) is 0 Å². The van der Waals surface area contributed by atoms with Gasteiger partial charge in [0, 0.05) is 13.6 Å². The van der Waals surface area contributed by atoms with E-state index < -0.39 is 21.5 Å². The summed E-state index contributed by atoms with van der Waals surface area (Å²) >= 11 is 1.11. The molecule has 0 saturated heterocycles. The summed E-state index contributed by atoms with van der Waals surface area (Å²) in [4.78, 5) is 11.8. The molecule has 120 valence electrons. The van der Waals surface area contributed by atoms with Crippen LogP contribution in [0.5, 0.6) is 0 Å². The molecule has 1 heterocycles. The molecule has 21 heavy (non-hydrogen) atoms. The number of nitrogens with zero attached hydrogens (tertiary/aromatic N) is 1. The van der Waals surface area contributed by atoms with Crippen molar-refractivity contribution >= 4 is 27.3 Å². The maximum atomic E-state index is 12.1. The third kappa shape index (κ3) is 5.39. The minimum Gasteiger partial charge on any atom is -0.388 e. The Morgan fingerprint density at radius 3 is 2.71 bits per heavy atom. The maximum Gasteiger partial charge on any atom is 0.252 e. The zero-order valence-electron chi connectivity index (χ0n) is 12.5. The number of amides is 1. The number of thiophene rings is 1. The molecule has 0 aliphatic rings. The highest BCUT2D eigenvalue weighted by molar-refractivity contribution is 7.91. The van der Waals surface area contributed by atoms with Crippen LogP contribution in [0, 0.1) is 0 Å². The van der Waals surface area contributed by atoms with Crippen molar-refractivity contribution in [3.05, 3.63) is 17.5 Å². The lowest BCUT2D eigenvalue weighted by Gasteiger charge is -2.23. The van der Waals surface area contributed by atoms with Crippen molar-refractivity contribution in [2.45, 2.75) is 36.5 Å². The van der Waals surface area contributed by atoms with Gasteiger partial charge in [0.1, 0.15) is 4.21 Å². The molecule has 8 heteroatoms. The third-order valence-electron chi connectivity index (χ3n) is 2.98. The Morgan fingerprint density at radius 1 is 1.52 bits per heavy atom. The summed E-state index contributed by atoms with van der Waals surface area (Å²) in [7, 11) is -2.27.